The van der Waals surface area contributed by atoms with Crippen LogP contribution in [0.15, 0.2) is 35.2 Å². The summed E-state index contributed by atoms with van der Waals surface area (Å²) in [6.07, 6.45) is 2.38. The van der Waals surface area contributed by atoms with Gasteiger partial charge in [-0.15, -0.1) is 11.3 Å². The van der Waals surface area contributed by atoms with Crippen molar-refractivity contribution in [3.05, 3.63) is 51.2 Å². The zero-order valence-corrected chi connectivity index (χ0v) is 13.5. The SMILES string of the molecule is Cc1ccsc1C(=O)/C(C#N)=C/c1cccc2c1OCCCO2. The number of allylic oxidation sites excluding steroid dienone is 1. The topological polar surface area (TPSA) is 59.3 Å². The first kappa shape index (κ1) is 15.3. The highest BCUT2D eigenvalue weighted by atomic mass is 32.1. The molecule has 23 heavy (non-hydrogen) atoms. The van der Waals surface area contributed by atoms with Crippen molar-refractivity contribution in [2.75, 3.05) is 13.2 Å². The second kappa shape index (κ2) is 6.67. The molecule has 4 nitrogen and oxygen atoms in total. The summed E-state index contributed by atoms with van der Waals surface area (Å²) < 4.78 is 11.4. The molecule has 0 saturated carbocycles. The average molecular weight is 325 g/mol. The fourth-order valence-electron chi connectivity index (χ4n) is 2.36. The average Bonchev–Trinajstić information content (AvgIpc) is 2.84. The molecule has 1 aliphatic heterocycles. The van der Waals surface area contributed by atoms with E-state index in [2.05, 4.69) is 0 Å². The summed E-state index contributed by atoms with van der Waals surface area (Å²) in [4.78, 5) is 13.1. The van der Waals surface area contributed by atoms with Crippen molar-refractivity contribution < 1.29 is 14.3 Å². The van der Waals surface area contributed by atoms with Crippen molar-refractivity contribution >= 4 is 23.2 Å². The normalized spacial score (nSPS) is 14.0. The van der Waals surface area contributed by atoms with Gasteiger partial charge in [0.2, 0.25) is 5.78 Å². The van der Waals surface area contributed by atoms with E-state index >= 15 is 0 Å². The van der Waals surface area contributed by atoms with Crippen molar-refractivity contribution in [1.29, 1.82) is 5.26 Å². The predicted octanol–water partition coefficient (Wildman–Crippen LogP) is 4.01. The smallest absolute Gasteiger partial charge is 0.213 e. The van der Waals surface area contributed by atoms with Gasteiger partial charge in [-0.05, 0) is 36.1 Å². The number of rotatable bonds is 3. The van der Waals surface area contributed by atoms with Gasteiger partial charge in [0.15, 0.2) is 11.5 Å². The van der Waals surface area contributed by atoms with Crippen LogP contribution >= 0.6 is 11.3 Å². The zero-order chi connectivity index (χ0) is 16.2. The number of nitrogens with zero attached hydrogens (tertiary/aromatic N) is 1. The molecule has 3 rings (SSSR count). The molecule has 0 aliphatic carbocycles. The molecule has 0 bridgehead atoms. The summed E-state index contributed by atoms with van der Waals surface area (Å²) in [6, 6.07) is 9.36. The maximum absolute atomic E-state index is 12.5. The second-order valence-electron chi connectivity index (χ2n) is 5.16. The molecule has 5 heteroatoms. The predicted molar refractivity (Wildman–Crippen MR) is 89.0 cm³/mol. The number of hydrogen-bond donors (Lipinski definition) is 0. The maximum atomic E-state index is 12.5. The number of carbonyl (C=O) groups is 1. The summed E-state index contributed by atoms with van der Waals surface area (Å²) in [7, 11) is 0. The van der Waals surface area contributed by atoms with Crippen molar-refractivity contribution in [2.45, 2.75) is 13.3 Å². The van der Waals surface area contributed by atoms with Crippen LogP contribution in [0.4, 0.5) is 0 Å². The van der Waals surface area contributed by atoms with E-state index in [-0.39, 0.29) is 11.4 Å². The maximum Gasteiger partial charge on any atom is 0.213 e. The van der Waals surface area contributed by atoms with Crippen molar-refractivity contribution in [2.24, 2.45) is 0 Å². The molecule has 0 spiro atoms. The molecule has 0 atom stereocenters. The highest BCUT2D eigenvalue weighted by molar-refractivity contribution is 7.12. The lowest BCUT2D eigenvalue weighted by molar-refractivity contribution is 0.104. The molecule has 0 saturated heterocycles. The van der Waals surface area contributed by atoms with E-state index in [1.807, 2.05) is 42.6 Å². The third kappa shape index (κ3) is 3.13. The molecular weight excluding hydrogens is 310 g/mol. The van der Waals surface area contributed by atoms with E-state index in [1.54, 1.807) is 6.08 Å². The van der Waals surface area contributed by atoms with E-state index in [4.69, 9.17) is 9.47 Å². The van der Waals surface area contributed by atoms with Gasteiger partial charge in [0, 0.05) is 12.0 Å². The first-order valence-corrected chi connectivity index (χ1v) is 8.18. The molecule has 0 fully saturated rings. The van der Waals surface area contributed by atoms with Gasteiger partial charge in [-0.25, -0.2) is 0 Å². The summed E-state index contributed by atoms with van der Waals surface area (Å²) in [5.41, 5.74) is 1.66. The van der Waals surface area contributed by atoms with Gasteiger partial charge in [0.25, 0.3) is 0 Å². The van der Waals surface area contributed by atoms with Gasteiger partial charge >= 0.3 is 0 Å². The minimum atomic E-state index is -0.257. The Morgan fingerprint density at radius 2 is 2.13 bits per heavy atom. The van der Waals surface area contributed by atoms with E-state index < -0.39 is 0 Å². The Balaban J connectivity index is 2.01. The van der Waals surface area contributed by atoms with Crippen LogP contribution in [0.3, 0.4) is 0 Å². The highest BCUT2D eigenvalue weighted by Crippen LogP contribution is 2.35. The quantitative estimate of drug-likeness (QED) is 0.486. The van der Waals surface area contributed by atoms with Gasteiger partial charge in [0.1, 0.15) is 11.6 Å². The molecule has 0 radical (unpaired) electrons. The Morgan fingerprint density at radius 1 is 1.30 bits per heavy atom. The summed E-state index contributed by atoms with van der Waals surface area (Å²) >= 11 is 1.35. The Bertz CT molecular complexity index is 814. The van der Waals surface area contributed by atoms with Crippen LogP contribution in [0.1, 0.15) is 27.2 Å². The molecule has 2 aromatic rings. The fourth-order valence-corrected chi connectivity index (χ4v) is 3.24. The Morgan fingerprint density at radius 3 is 2.87 bits per heavy atom. The monoisotopic (exact) mass is 325 g/mol. The van der Waals surface area contributed by atoms with Gasteiger partial charge < -0.3 is 9.47 Å². The summed E-state index contributed by atoms with van der Waals surface area (Å²) in [5.74, 6) is 0.980. The number of carbonyl (C=O) groups excluding carboxylic acids is 1. The van der Waals surface area contributed by atoms with Crippen LogP contribution in [-0.4, -0.2) is 19.0 Å². The molecule has 116 valence electrons. The Labute approximate surface area is 138 Å². The van der Waals surface area contributed by atoms with Gasteiger partial charge in [0.05, 0.1) is 18.1 Å². The number of benzene rings is 1. The van der Waals surface area contributed by atoms with E-state index in [0.717, 1.165) is 12.0 Å². The van der Waals surface area contributed by atoms with Crippen LogP contribution in [0.5, 0.6) is 11.5 Å². The molecule has 1 aromatic carbocycles. The number of para-hydroxylation sites is 1. The number of ether oxygens (including phenoxy) is 2. The minimum Gasteiger partial charge on any atom is -0.490 e. The zero-order valence-electron chi connectivity index (χ0n) is 12.7. The number of Topliss-reactive ketones (excluding diaryl/α,β-unsaturated/α-hetero) is 1. The van der Waals surface area contributed by atoms with Crippen LogP contribution in [0.25, 0.3) is 6.08 Å². The Hall–Kier alpha value is -2.58. The molecule has 2 heterocycles. The third-order valence-electron chi connectivity index (χ3n) is 3.54. The lowest BCUT2D eigenvalue weighted by Crippen LogP contribution is -2.02. The number of ketones is 1. The number of nitriles is 1. The summed E-state index contributed by atoms with van der Waals surface area (Å²) in [6.45, 7) is 3.01. The highest BCUT2D eigenvalue weighted by Gasteiger charge is 2.18. The molecular formula is C18H15NO3S. The van der Waals surface area contributed by atoms with E-state index in [1.165, 1.54) is 11.3 Å². The van der Waals surface area contributed by atoms with Crippen molar-refractivity contribution in [3.63, 3.8) is 0 Å². The number of thiophene rings is 1. The molecule has 1 aliphatic rings. The van der Waals surface area contributed by atoms with Crippen LogP contribution < -0.4 is 9.47 Å². The van der Waals surface area contributed by atoms with Crippen LogP contribution in [-0.2, 0) is 0 Å². The lowest BCUT2D eigenvalue weighted by atomic mass is 10.0. The van der Waals surface area contributed by atoms with Gasteiger partial charge in [-0.1, -0.05) is 12.1 Å². The van der Waals surface area contributed by atoms with Gasteiger partial charge in [-0.3, -0.25) is 4.79 Å². The van der Waals surface area contributed by atoms with E-state index in [0.29, 0.717) is 35.2 Å². The number of hydrogen-bond acceptors (Lipinski definition) is 5. The first-order valence-electron chi connectivity index (χ1n) is 7.30. The van der Waals surface area contributed by atoms with Crippen LogP contribution in [0.2, 0.25) is 0 Å². The third-order valence-corrected chi connectivity index (χ3v) is 4.55. The van der Waals surface area contributed by atoms with Gasteiger partial charge in [-0.2, -0.15) is 5.26 Å². The molecule has 1 aromatic heterocycles. The number of fused-ring (bicyclic) bond motifs is 1. The summed E-state index contributed by atoms with van der Waals surface area (Å²) in [5, 5.41) is 11.3. The first-order chi connectivity index (χ1) is 11.2. The second-order valence-corrected chi connectivity index (χ2v) is 6.07. The number of aryl methyl sites for hydroxylation is 1. The van der Waals surface area contributed by atoms with E-state index in [9.17, 15) is 10.1 Å². The molecule has 0 amide bonds. The fraction of sp³-hybridized carbons (Fsp3) is 0.222. The van der Waals surface area contributed by atoms with Crippen molar-refractivity contribution in [1.82, 2.24) is 0 Å². The molecule has 0 N–H and O–H groups in total. The minimum absolute atomic E-state index is 0.0943. The standard InChI is InChI=1S/C18H15NO3S/c1-12-6-9-23-18(12)16(20)14(11-19)10-13-4-2-5-15-17(13)22-8-3-7-21-15/h2,4-6,9-10H,3,7-8H2,1H3/b14-10+. The van der Waals surface area contributed by atoms with Crippen molar-refractivity contribution in [3.8, 4) is 17.6 Å². The largest absolute Gasteiger partial charge is 0.490 e. The lowest BCUT2D eigenvalue weighted by Gasteiger charge is -2.10. The Kier molecular flexibility index (Phi) is 4.45. The van der Waals surface area contributed by atoms with Crippen LogP contribution in [0, 0.1) is 18.3 Å². The molecule has 0 unspecified atom stereocenters.